The minimum atomic E-state index is -5.46. The average Bonchev–Trinajstić information content (AvgIpc) is 3.13. The highest BCUT2D eigenvalue weighted by atomic mass is 35.5. The molecule has 0 spiro atoms. The first-order valence-corrected chi connectivity index (χ1v) is 12.1. The van der Waals surface area contributed by atoms with Crippen molar-refractivity contribution in [2.75, 3.05) is 7.11 Å². The van der Waals surface area contributed by atoms with Crippen LogP contribution in [-0.4, -0.2) is 37.3 Å². The maximum absolute atomic E-state index is 15.5. The van der Waals surface area contributed by atoms with E-state index in [2.05, 4.69) is 16.1 Å². The third-order valence-electron chi connectivity index (χ3n) is 6.36. The van der Waals surface area contributed by atoms with Crippen LogP contribution in [-0.2, 0) is 19.7 Å². The van der Waals surface area contributed by atoms with Crippen LogP contribution in [0.25, 0.3) is 0 Å². The molecule has 1 aliphatic rings. The average molecular weight is 575 g/mol. The SMILES string of the molecule is COc1cc(Cl)ccc1[C@@]1(C#N)[C@H](CC(C)(C)C)N[C@H](C(=O)OC(=O)C(F)(F)F)[C@@H]1c1cccc(Cl)c1F. The summed E-state index contributed by atoms with van der Waals surface area (Å²) < 4.78 is 64.0. The van der Waals surface area contributed by atoms with E-state index < -0.39 is 52.8 Å². The summed E-state index contributed by atoms with van der Waals surface area (Å²) in [5.41, 5.74) is -2.34. The smallest absolute Gasteiger partial charge is 0.491 e. The molecule has 204 valence electrons. The molecular formula is C26H24Cl2F4N2O4. The van der Waals surface area contributed by atoms with Gasteiger partial charge in [0, 0.05) is 22.5 Å². The minimum absolute atomic E-state index is 0.132. The molecular weight excluding hydrogens is 551 g/mol. The fraction of sp³-hybridized carbons (Fsp3) is 0.423. The molecule has 1 aliphatic heterocycles. The Morgan fingerprint density at radius 2 is 1.82 bits per heavy atom. The highest BCUT2D eigenvalue weighted by Gasteiger charge is 2.62. The quantitative estimate of drug-likeness (QED) is 0.264. The zero-order chi connectivity index (χ0) is 28.6. The van der Waals surface area contributed by atoms with Gasteiger partial charge in [-0.25, -0.2) is 14.0 Å². The molecule has 12 heteroatoms. The first-order chi connectivity index (χ1) is 17.6. The molecule has 0 saturated carbocycles. The number of rotatable bonds is 5. The standard InChI is InChI=1S/C26H24Cl2F4N2O4/c1-24(2,3)11-18-25(12-33,15-9-8-13(27)10-17(15)37-4)19(14-6-5-7-16(28)20(14)29)21(34-18)22(35)38-23(36)26(30,31)32/h5-10,18-19,21,34H,11H2,1-4H3/t18-,19-,21-,25-/m0/s1. The van der Waals surface area contributed by atoms with Gasteiger partial charge in [0.15, 0.2) is 0 Å². The van der Waals surface area contributed by atoms with E-state index in [-0.39, 0.29) is 33.3 Å². The summed E-state index contributed by atoms with van der Waals surface area (Å²) in [5, 5.41) is 13.6. The number of benzene rings is 2. The molecule has 0 aliphatic carbocycles. The molecule has 3 rings (SSSR count). The van der Waals surface area contributed by atoms with Gasteiger partial charge >= 0.3 is 18.1 Å². The normalized spacial score (nSPS) is 23.6. The first kappa shape index (κ1) is 29.7. The number of hydrogen-bond donors (Lipinski definition) is 1. The van der Waals surface area contributed by atoms with Gasteiger partial charge in [0.25, 0.3) is 0 Å². The van der Waals surface area contributed by atoms with Gasteiger partial charge in [0.1, 0.15) is 23.0 Å². The van der Waals surface area contributed by atoms with Crippen LogP contribution in [0.3, 0.4) is 0 Å². The number of nitrogens with one attached hydrogen (secondary N) is 1. The van der Waals surface area contributed by atoms with Crippen molar-refractivity contribution in [1.82, 2.24) is 5.32 Å². The van der Waals surface area contributed by atoms with Crippen molar-refractivity contribution in [1.29, 1.82) is 5.26 Å². The summed E-state index contributed by atoms with van der Waals surface area (Å²) >= 11 is 12.2. The fourth-order valence-corrected chi connectivity index (χ4v) is 5.27. The lowest BCUT2D eigenvalue weighted by Crippen LogP contribution is -2.44. The summed E-state index contributed by atoms with van der Waals surface area (Å²) in [5.74, 6) is -6.71. The highest BCUT2D eigenvalue weighted by molar-refractivity contribution is 6.31. The van der Waals surface area contributed by atoms with E-state index in [0.29, 0.717) is 0 Å². The van der Waals surface area contributed by atoms with Crippen LogP contribution in [0.15, 0.2) is 36.4 Å². The van der Waals surface area contributed by atoms with Crippen molar-refractivity contribution >= 4 is 35.1 Å². The second-order valence-electron chi connectivity index (χ2n) is 10.1. The van der Waals surface area contributed by atoms with Crippen molar-refractivity contribution < 1.29 is 36.6 Å². The van der Waals surface area contributed by atoms with Crippen molar-refractivity contribution in [3.8, 4) is 11.8 Å². The lowest BCUT2D eigenvalue weighted by molar-refractivity contribution is -0.202. The van der Waals surface area contributed by atoms with Crippen molar-refractivity contribution in [3.63, 3.8) is 0 Å². The summed E-state index contributed by atoms with van der Waals surface area (Å²) in [6, 6.07) is 7.77. The lowest BCUT2D eigenvalue weighted by Gasteiger charge is -2.38. The lowest BCUT2D eigenvalue weighted by atomic mass is 9.62. The van der Waals surface area contributed by atoms with E-state index in [1.54, 1.807) is 0 Å². The van der Waals surface area contributed by atoms with E-state index >= 15 is 4.39 Å². The minimum Gasteiger partial charge on any atom is -0.496 e. The molecule has 0 unspecified atom stereocenters. The van der Waals surface area contributed by atoms with Crippen molar-refractivity contribution in [2.24, 2.45) is 5.41 Å². The molecule has 1 N–H and O–H groups in total. The molecule has 6 nitrogen and oxygen atoms in total. The van der Waals surface area contributed by atoms with E-state index in [9.17, 15) is 28.0 Å². The zero-order valence-corrected chi connectivity index (χ0v) is 22.3. The largest absolute Gasteiger partial charge is 0.496 e. The maximum Gasteiger partial charge on any atom is 0.491 e. The van der Waals surface area contributed by atoms with Crippen LogP contribution >= 0.6 is 23.2 Å². The second kappa shape index (κ2) is 10.7. The Bertz CT molecular complexity index is 1290. The Morgan fingerprint density at radius 1 is 1.16 bits per heavy atom. The van der Waals surface area contributed by atoms with Gasteiger partial charge < -0.3 is 9.47 Å². The molecule has 1 fully saturated rings. The van der Waals surface area contributed by atoms with Gasteiger partial charge in [0.05, 0.1) is 18.2 Å². The van der Waals surface area contributed by atoms with Crippen LogP contribution in [0.2, 0.25) is 10.0 Å². The van der Waals surface area contributed by atoms with Gasteiger partial charge in [-0.3, -0.25) is 5.32 Å². The number of halogens is 6. The third kappa shape index (κ3) is 5.60. The predicted octanol–water partition coefficient (Wildman–Crippen LogP) is 6.09. The molecule has 2 aromatic carbocycles. The Hall–Kier alpha value is -2.87. The summed E-state index contributed by atoms with van der Waals surface area (Å²) in [4.78, 5) is 24.7. The molecule has 38 heavy (non-hydrogen) atoms. The Morgan fingerprint density at radius 3 is 2.37 bits per heavy atom. The number of carbonyl (C=O) groups excluding carboxylic acids is 2. The van der Waals surface area contributed by atoms with Crippen LogP contribution in [0.4, 0.5) is 17.6 Å². The topological polar surface area (TPSA) is 88.4 Å². The molecule has 0 amide bonds. The van der Waals surface area contributed by atoms with Gasteiger partial charge in [-0.05, 0) is 35.6 Å². The van der Waals surface area contributed by atoms with Gasteiger partial charge in [-0.2, -0.15) is 18.4 Å². The summed E-state index contributed by atoms with van der Waals surface area (Å²) in [6.45, 7) is 5.55. The number of carbonyl (C=O) groups is 2. The number of nitrogens with zero attached hydrogens (tertiary/aromatic N) is 1. The molecule has 0 bridgehead atoms. The molecule has 0 aromatic heterocycles. The van der Waals surface area contributed by atoms with E-state index in [4.69, 9.17) is 27.9 Å². The monoisotopic (exact) mass is 574 g/mol. The number of ether oxygens (including phenoxy) is 2. The van der Waals surface area contributed by atoms with Crippen LogP contribution in [0, 0.1) is 22.6 Å². The Balaban J connectivity index is 2.37. The molecule has 4 atom stereocenters. The first-order valence-electron chi connectivity index (χ1n) is 11.3. The van der Waals surface area contributed by atoms with Crippen LogP contribution in [0.5, 0.6) is 5.75 Å². The van der Waals surface area contributed by atoms with Gasteiger partial charge in [-0.15, -0.1) is 0 Å². The number of alkyl halides is 3. The molecule has 2 aromatic rings. The number of methoxy groups -OCH3 is 1. The Labute approximate surface area is 226 Å². The van der Waals surface area contributed by atoms with E-state index in [0.717, 1.165) is 0 Å². The predicted molar refractivity (Wildman–Crippen MR) is 131 cm³/mol. The number of nitriles is 1. The third-order valence-corrected chi connectivity index (χ3v) is 6.89. The van der Waals surface area contributed by atoms with Crippen molar-refractivity contribution in [2.45, 2.75) is 56.8 Å². The maximum atomic E-state index is 15.5. The number of hydrogen-bond acceptors (Lipinski definition) is 6. The summed E-state index contributed by atoms with van der Waals surface area (Å²) in [7, 11) is 1.32. The zero-order valence-electron chi connectivity index (χ0n) is 20.8. The van der Waals surface area contributed by atoms with Crippen LogP contribution < -0.4 is 10.1 Å². The van der Waals surface area contributed by atoms with Gasteiger partial charge in [0.2, 0.25) is 0 Å². The highest BCUT2D eigenvalue weighted by Crippen LogP contribution is 2.54. The molecule has 1 saturated heterocycles. The van der Waals surface area contributed by atoms with E-state index in [1.807, 2.05) is 20.8 Å². The van der Waals surface area contributed by atoms with E-state index in [1.165, 1.54) is 43.5 Å². The fourth-order valence-electron chi connectivity index (χ4n) is 4.93. The summed E-state index contributed by atoms with van der Waals surface area (Å²) in [6.07, 6.45) is -5.26. The van der Waals surface area contributed by atoms with Gasteiger partial charge in [-0.1, -0.05) is 62.2 Å². The molecule has 0 radical (unpaired) electrons. The number of esters is 2. The molecule has 1 heterocycles. The second-order valence-corrected chi connectivity index (χ2v) is 11.0. The van der Waals surface area contributed by atoms with Crippen molar-refractivity contribution in [3.05, 3.63) is 63.4 Å². The van der Waals surface area contributed by atoms with Crippen LogP contribution in [0.1, 0.15) is 44.2 Å². The Kier molecular flexibility index (Phi) is 8.37.